The molecular weight excluding hydrogens is 182 g/mol. The van der Waals surface area contributed by atoms with Crippen LogP contribution in [0.15, 0.2) is 42.5 Å². The normalized spacial score (nSPS) is 9.87. The van der Waals surface area contributed by atoms with Crippen LogP contribution in [0.1, 0.15) is 5.56 Å². The van der Waals surface area contributed by atoms with E-state index < -0.39 is 0 Å². The predicted molar refractivity (Wildman–Crippen MR) is 64.2 cm³/mol. The SMILES string of the molecule is C#CN(C)Cc1cccc2ccccc12. The number of hydrogen-bond donors (Lipinski definition) is 0. The summed E-state index contributed by atoms with van der Waals surface area (Å²) in [6.45, 7) is 0.790. The highest BCUT2D eigenvalue weighted by atomic mass is 15.1. The Morgan fingerprint density at radius 2 is 1.87 bits per heavy atom. The maximum absolute atomic E-state index is 5.34. The first-order chi connectivity index (χ1) is 7.31. The lowest BCUT2D eigenvalue weighted by molar-refractivity contribution is 0.481. The molecule has 0 aliphatic rings. The number of fused-ring (bicyclic) bond motifs is 1. The average Bonchev–Trinajstić information content (AvgIpc) is 2.29. The molecule has 1 heteroatoms. The molecule has 74 valence electrons. The molecule has 0 fully saturated rings. The maximum atomic E-state index is 5.34. The van der Waals surface area contributed by atoms with Gasteiger partial charge in [-0.2, -0.15) is 0 Å². The van der Waals surface area contributed by atoms with Gasteiger partial charge in [0.25, 0.3) is 0 Å². The van der Waals surface area contributed by atoms with E-state index in [0.717, 1.165) is 6.54 Å². The number of terminal acetylenes is 1. The summed E-state index contributed by atoms with van der Waals surface area (Å²) in [4.78, 5) is 1.85. The molecule has 0 bridgehead atoms. The lowest BCUT2D eigenvalue weighted by atomic mass is 10.0. The zero-order valence-corrected chi connectivity index (χ0v) is 8.77. The molecule has 15 heavy (non-hydrogen) atoms. The van der Waals surface area contributed by atoms with Gasteiger partial charge < -0.3 is 4.90 Å². The van der Waals surface area contributed by atoms with E-state index in [9.17, 15) is 0 Å². The fraction of sp³-hybridized carbons (Fsp3) is 0.143. The molecule has 0 N–H and O–H groups in total. The molecule has 0 aliphatic heterocycles. The molecule has 0 radical (unpaired) electrons. The summed E-state index contributed by atoms with van der Waals surface area (Å²) in [6, 6.07) is 17.3. The van der Waals surface area contributed by atoms with Gasteiger partial charge in [-0.15, -0.1) is 0 Å². The first-order valence-electron chi connectivity index (χ1n) is 4.95. The van der Waals surface area contributed by atoms with Gasteiger partial charge in [0.15, 0.2) is 0 Å². The zero-order valence-electron chi connectivity index (χ0n) is 8.77. The van der Waals surface area contributed by atoms with Crippen LogP contribution >= 0.6 is 0 Å². The van der Waals surface area contributed by atoms with Crippen LogP contribution in [0.25, 0.3) is 10.8 Å². The molecule has 0 heterocycles. The first-order valence-corrected chi connectivity index (χ1v) is 4.95. The Morgan fingerprint density at radius 3 is 2.67 bits per heavy atom. The van der Waals surface area contributed by atoms with E-state index in [0.29, 0.717) is 0 Å². The molecule has 0 unspecified atom stereocenters. The maximum Gasteiger partial charge on any atom is 0.0513 e. The summed E-state index contributed by atoms with van der Waals surface area (Å²) < 4.78 is 0. The lowest BCUT2D eigenvalue weighted by Crippen LogP contribution is -2.10. The van der Waals surface area contributed by atoms with E-state index in [1.165, 1.54) is 16.3 Å². The average molecular weight is 195 g/mol. The monoisotopic (exact) mass is 195 g/mol. The van der Waals surface area contributed by atoms with Gasteiger partial charge in [-0.3, -0.25) is 0 Å². The Hall–Kier alpha value is -1.94. The third kappa shape index (κ3) is 1.94. The number of benzene rings is 2. The summed E-state index contributed by atoms with van der Waals surface area (Å²) >= 11 is 0. The Balaban J connectivity index is 2.48. The van der Waals surface area contributed by atoms with E-state index in [1.807, 2.05) is 11.9 Å². The molecule has 0 aliphatic carbocycles. The van der Waals surface area contributed by atoms with Crippen molar-refractivity contribution in [2.75, 3.05) is 7.05 Å². The molecule has 0 aromatic heterocycles. The van der Waals surface area contributed by atoms with Crippen LogP contribution in [0.3, 0.4) is 0 Å². The van der Waals surface area contributed by atoms with Gasteiger partial charge in [-0.05, 0) is 16.3 Å². The van der Waals surface area contributed by atoms with Crippen molar-refractivity contribution in [1.29, 1.82) is 0 Å². The lowest BCUT2D eigenvalue weighted by Gasteiger charge is -2.12. The van der Waals surface area contributed by atoms with Crippen LogP contribution in [0.2, 0.25) is 0 Å². The van der Waals surface area contributed by atoms with Crippen LogP contribution in [0, 0.1) is 12.5 Å². The molecule has 0 atom stereocenters. The molecule has 0 amide bonds. The van der Waals surface area contributed by atoms with Crippen LogP contribution in [0.4, 0.5) is 0 Å². The van der Waals surface area contributed by atoms with Crippen molar-refractivity contribution in [2.24, 2.45) is 0 Å². The Kier molecular flexibility index (Phi) is 2.60. The second-order valence-electron chi connectivity index (χ2n) is 3.62. The van der Waals surface area contributed by atoms with Crippen molar-refractivity contribution in [3.8, 4) is 12.5 Å². The molecule has 0 saturated carbocycles. The second-order valence-corrected chi connectivity index (χ2v) is 3.62. The van der Waals surface area contributed by atoms with Crippen molar-refractivity contribution < 1.29 is 0 Å². The number of hydrogen-bond acceptors (Lipinski definition) is 1. The van der Waals surface area contributed by atoms with Crippen molar-refractivity contribution >= 4 is 10.8 Å². The van der Waals surface area contributed by atoms with Crippen molar-refractivity contribution in [3.05, 3.63) is 48.0 Å². The number of rotatable bonds is 2. The summed E-state index contributed by atoms with van der Waals surface area (Å²) in [6.07, 6.45) is 5.34. The fourth-order valence-electron chi connectivity index (χ4n) is 1.73. The van der Waals surface area contributed by atoms with Gasteiger partial charge in [0.1, 0.15) is 0 Å². The Labute approximate surface area is 90.3 Å². The molecule has 0 saturated heterocycles. The van der Waals surface area contributed by atoms with Crippen molar-refractivity contribution in [3.63, 3.8) is 0 Å². The van der Waals surface area contributed by atoms with Crippen LogP contribution < -0.4 is 0 Å². The van der Waals surface area contributed by atoms with E-state index in [2.05, 4.69) is 48.5 Å². The van der Waals surface area contributed by atoms with Gasteiger partial charge in [-0.25, -0.2) is 0 Å². The van der Waals surface area contributed by atoms with Gasteiger partial charge in [-0.1, -0.05) is 48.9 Å². The third-order valence-corrected chi connectivity index (χ3v) is 2.51. The fourth-order valence-corrected chi connectivity index (χ4v) is 1.73. The van der Waals surface area contributed by atoms with E-state index >= 15 is 0 Å². The highest BCUT2D eigenvalue weighted by Gasteiger charge is 2.01. The van der Waals surface area contributed by atoms with Gasteiger partial charge in [0, 0.05) is 13.1 Å². The molecule has 2 aromatic carbocycles. The highest BCUT2D eigenvalue weighted by Crippen LogP contribution is 2.19. The minimum absolute atomic E-state index is 0.790. The summed E-state index contributed by atoms with van der Waals surface area (Å²) in [5.41, 5.74) is 1.27. The smallest absolute Gasteiger partial charge is 0.0513 e. The van der Waals surface area contributed by atoms with E-state index in [1.54, 1.807) is 0 Å². The standard InChI is InChI=1S/C14H13N/c1-3-15(2)11-13-9-6-8-12-7-4-5-10-14(12)13/h1,4-10H,11H2,2H3. The summed E-state index contributed by atoms with van der Waals surface area (Å²) in [7, 11) is 1.92. The Morgan fingerprint density at radius 1 is 1.13 bits per heavy atom. The minimum atomic E-state index is 0.790. The van der Waals surface area contributed by atoms with E-state index in [-0.39, 0.29) is 0 Å². The van der Waals surface area contributed by atoms with Gasteiger partial charge >= 0.3 is 0 Å². The molecule has 2 aromatic rings. The topological polar surface area (TPSA) is 3.24 Å². The molecule has 2 rings (SSSR count). The van der Waals surface area contributed by atoms with Crippen molar-refractivity contribution in [1.82, 2.24) is 4.90 Å². The van der Waals surface area contributed by atoms with E-state index in [4.69, 9.17) is 6.42 Å². The first kappa shape index (κ1) is 9.61. The largest absolute Gasteiger partial charge is 0.331 e. The minimum Gasteiger partial charge on any atom is -0.331 e. The van der Waals surface area contributed by atoms with Gasteiger partial charge in [0.05, 0.1) is 6.54 Å². The molecular formula is C14H13N. The summed E-state index contributed by atoms with van der Waals surface area (Å²) in [5.74, 6) is 0. The molecule has 0 spiro atoms. The van der Waals surface area contributed by atoms with Crippen molar-refractivity contribution in [2.45, 2.75) is 6.54 Å². The third-order valence-electron chi connectivity index (χ3n) is 2.51. The second kappa shape index (κ2) is 4.06. The molecule has 1 nitrogen and oxygen atoms in total. The number of nitrogens with zero attached hydrogens (tertiary/aromatic N) is 1. The van der Waals surface area contributed by atoms with Crippen LogP contribution in [-0.2, 0) is 6.54 Å². The Bertz CT molecular complexity index is 503. The van der Waals surface area contributed by atoms with Crippen LogP contribution in [-0.4, -0.2) is 11.9 Å². The summed E-state index contributed by atoms with van der Waals surface area (Å²) in [5, 5.41) is 2.54. The quantitative estimate of drug-likeness (QED) is 0.526. The van der Waals surface area contributed by atoms with Crippen LogP contribution in [0.5, 0.6) is 0 Å². The zero-order chi connectivity index (χ0) is 10.7. The predicted octanol–water partition coefficient (Wildman–Crippen LogP) is 2.86. The highest BCUT2D eigenvalue weighted by molar-refractivity contribution is 5.85. The van der Waals surface area contributed by atoms with Gasteiger partial charge in [0.2, 0.25) is 0 Å².